The van der Waals surface area contributed by atoms with Gasteiger partial charge in [0.2, 0.25) is 0 Å². The molecule has 0 fully saturated rings. The van der Waals surface area contributed by atoms with Gasteiger partial charge < -0.3 is 18.9 Å². The molecule has 0 spiro atoms. The molecule has 7 nitrogen and oxygen atoms in total. The van der Waals surface area contributed by atoms with E-state index in [0.717, 1.165) is 83.7 Å². The summed E-state index contributed by atoms with van der Waals surface area (Å²) in [4.78, 5) is 0.175. The van der Waals surface area contributed by atoms with E-state index in [4.69, 9.17) is 23.1 Å². The lowest BCUT2D eigenvalue weighted by molar-refractivity contribution is 0.0953. The first-order valence-corrected chi connectivity index (χ1v) is 16.7. The molecule has 41 heavy (non-hydrogen) atoms. The second-order valence-corrected chi connectivity index (χ2v) is 11.4. The summed E-state index contributed by atoms with van der Waals surface area (Å²) < 4.78 is 50.2. The molecule has 2 aromatic rings. The Morgan fingerprint density at radius 3 is 1.56 bits per heavy atom. The Morgan fingerprint density at radius 1 is 0.537 bits per heavy atom. The van der Waals surface area contributed by atoms with Crippen molar-refractivity contribution >= 4 is 10.1 Å². The molecule has 0 atom stereocenters. The second-order valence-electron chi connectivity index (χ2n) is 9.77. The van der Waals surface area contributed by atoms with Crippen molar-refractivity contribution < 1.29 is 31.5 Å². The Labute approximate surface area is 250 Å². The Morgan fingerprint density at radius 2 is 1.02 bits per heavy atom. The van der Waals surface area contributed by atoms with Crippen LogP contribution < -0.4 is 0 Å². The number of benzene rings is 2. The number of ether oxygens (including phenoxy) is 4. The third-order valence-electron chi connectivity index (χ3n) is 6.19. The van der Waals surface area contributed by atoms with Crippen LogP contribution in [0.25, 0.3) is 0 Å². The zero-order valence-corrected chi connectivity index (χ0v) is 26.5. The molecule has 0 heterocycles. The normalized spacial score (nSPS) is 11.3. The largest absolute Gasteiger partial charge is 0.382 e. The first kappa shape index (κ1) is 37.2. The summed E-state index contributed by atoms with van der Waals surface area (Å²) in [5, 5.41) is 0. The molecular formula is C33H54O7S. The molecule has 0 aliphatic carbocycles. The van der Waals surface area contributed by atoms with Crippen LogP contribution in [0.2, 0.25) is 0 Å². The van der Waals surface area contributed by atoms with E-state index >= 15 is 0 Å². The molecule has 8 heteroatoms. The standard InChI is InChI=1S/C17H28O2.C16H26O5S/c1-2-18-14-8-4-9-15-19-16-10-7-13-17-11-5-3-6-12-17;1-3-19-11-5-4-6-12-20-13-14-21-22(17,18)16-9-7-15(2)8-10-16/h3,5-6,11-12H,2,4,7-10,13-16H2,1H3;7-10H,3-6,11-14H2,1-2H3. The minimum Gasteiger partial charge on any atom is -0.382 e. The second kappa shape index (κ2) is 25.9. The van der Waals surface area contributed by atoms with Crippen LogP contribution in [-0.4, -0.2) is 67.9 Å². The van der Waals surface area contributed by atoms with Gasteiger partial charge in [-0.15, -0.1) is 0 Å². The minimum absolute atomic E-state index is 0.0369. The van der Waals surface area contributed by atoms with Crippen LogP contribution in [0.15, 0.2) is 59.5 Å². The fourth-order valence-corrected chi connectivity index (χ4v) is 4.71. The molecule has 0 aliphatic rings. The van der Waals surface area contributed by atoms with Gasteiger partial charge in [-0.1, -0.05) is 48.0 Å². The number of hydrogen-bond donors (Lipinski definition) is 0. The zero-order valence-electron chi connectivity index (χ0n) is 25.7. The first-order chi connectivity index (χ1) is 20.0. The van der Waals surface area contributed by atoms with Crippen molar-refractivity contribution in [2.24, 2.45) is 0 Å². The molecular weight excluding hydrogens is 540 g/mol. The summed E-state index contributed by atoms with van der Waals surface area (Å²) in [5.41, 5.74) is 2.44. The maximum atomic E-state index is 11.9. The third-order valence-corrected chi connectivity index (χ3v) is 7.51. The predicted molar refractivity (Wildman–Crippen MR) is 166 cm³/mol. The van der Waals surface area contributed by atoms with Crippen LogP contribution in [-0.2, 0) is 39.7 Å². The fourth-order valence-electron chi connectivity index (χ4n) is 3.82. The maximum absolute atomic E-state index is 11.9. The van der Waals surface area contributed by atoms with Gasteiger partial charge in [-0.05, 0) is 96.3 Å². The average molecular weight is 595 g/mol. The molecule has 0 radical (unpaired) electrons. The van der Waals surface area contributed by atoms with Gasteiger partial charge in [0.1, 0.15) is 0 Å². The van der Waals surface area contributed by atoms with E-state index in [0.29, 0.717) is 6.61 Å². The highest BCUT2D eigenvalue weighted by Crippen LogP contribution is 2.13. The van der Waals surface area contributed by atoms with Crippen LogP contribution >= 0.6 is 0 Å². The molecule has 0 saturated carbocycles. The van der Waals surface area contributed by atoms with Gasteiger partial charge in [-0.2, -0.15) is 8.42 Å². The number of aryl methyl sites for hydroxylation is 2. The SMILES string of the molecule is CCOCCCCCOCCCCc1ccccc1.CCOCCCCCOCCOS(=O)(=O)c1ccc(C)cc1. The number of rotatable bonds is 24. The van der Waals surface area contributed by atoms with E-state index in [2.05, 4.69) is 30.3 Å². The van der Waals surface area contributed by atoms with Crippen LogP contribution in [0, 0.1) is 6.92 Å². The highest BCUT2D eigenvalue weighted by atomic mass is 32.2. The lowest BCUT2D eigenvalue weighted by Gasteiger charge is -2.07. The van der Waals surface area contributed by atoms with E-state index in [1.54, 1.807) is 24.3 Å². The summed E-state index contributed by atoms with van der Waals surface area (Å²) in [5.74, 6) is 0. The monoisotopic (exact) mass is 594 g/mol. The molecule has 0 N–H and O–H groups in total. The van der Waals surface area contributed by atoms with Crippen molar-refractivity contribution in [3.8, 4) is 0 Å². The van der Waals surface area contributed by atoms with Gasteiger partial charge in [-0.25, -0.2) is 0 Å². The van der Waals surface area contributed by atoms with Crippen LogP contribution in [0.3, 0.4) is 0 Å². The van der Waals surface area contributed by atoms with Gasteiger partial charge in [0.15, 0.2) is 0 Å². The molecule has 0 saturated heterocycles. The molecule has 0 aliphatic heterocycles. The van der Waals surface area contributed by atoms with Crippen LogP contribution in [0.1, 0.15) is 76.3 Å². The Balaban J connectivity index is 0.000000414. The minimum atomic E-state index is -3.68. The number of unbranched alkanes of at least 4 members (excludes halogenated alkanes) is 5. The van der Waals surface area contributed by atoms with Gasteiger partial charge in [0.05, 0.1) is 18.1 Å². The van der Waals surface area contributed by atoms with Gasteiger partial charge in [0.25, 0.3) is 10.1 Å². The van der Waals surface area contributed by atoms with Crippen molar-refractivity contribution in [3.63, 3.8) is 0 Å². The summed E-state index contributed by atoms with van der Waals surface area (Å²) in [6, 6.07) is 17.2. The molecule has 2 aromatic carbocycles. The van der Waals surface area contributed by atoms with Gasteiger partial charge in [-0.3, -0.25) is 4.18 Å². The van der Waals surface area contributed by atoms with Gasteiger partial charge in [0, 0.05) is 46.2 Å². The highest BCUT2D eigenvalue weighted by Gasteiger charge is 2.14. The van der Waals surface area contributed by atoms with Crippen molar-refractivity contribution in [1.82, 2.24) is 0 Å². The summed E-state index contributed by atoms with van der Waals surface area (Å²) in [7, 11) is -3.68. The molecule has 0 amide bonds. The van der Waals surface area contributed by atoms with Crippen molar-refractivity contribution in [3.05, 3.63) is 65.7 Å². The molecule has 0 bridgehead atoms. The Bertz CT molecular complexity index is 934. The third kappa shape index (κ3) is 21.5. The summed E-state index contributed by atoms with van der Waals surface area (Å²) >= 11 is 0. The van der Waals surface area contributed by atoms with E-state index in [1.807, 2.05) is 20.8 Å². The maximum Gasteiger partial charge on any atom is 0.297 e. The lowest BCUT2D eigenvalue weighted by atomic mass is 10.1. The molecule has 234 valence electrons. The molecule has 0 aromatic heterocycles. The fraction of sp³-hybridized carbons (Fsp3) is 0.636. The quantitative estimate of drug-likeness (QED) is 0.0943. The number of hydrogen-bond acceptors (Lipinski definition) is 7. The average Bonchev–Trinajstić information content (AvgIpc) is 2.98. The van der Waals surface area contributed by atoms with E-state index in [-0.39, 0.29) is 18.1 Å². The highest BCUT2D eigenvalue weighted by molar-refractivity contribution is 7.86. The smallest absolute Gasteiger partial charge is 0.297 e. The van der Waals surface area contributed by atoms with E-state index in [9.17, 15) is 8.42 Å². The van der Waals surface area contributed by atoms with Crippen LogP contribution in [0.4, 0.5) is 0 Å². The molecule has 2 rings (SSSR count). The predicted octanol–water partition coefficient (Wildman–Crippen LogP) is 7.16. The molecule has 0 unspecified atom stereocenters. The van der Waals surface area contributed by atoms with E-state index in [1.165, 1.54) is 24.8 Å². The van der Waals surface area contributed by atoms with Crippen molar-refractivity contribution in [2.45, 2.75) is 83.5 Å². The van der Waals surface area contributed by atoms with Crippen LogP contribution in [0.5, 0.6) is 0 Å². The topological polar surface area (TPSA) is 80.3 Å². The summed E-state index contributed by atoms with van der Waals surface area (Å²) in [6.45, 7) is 11.9. The van der Waals surface area contributed by atoms with Gasteiger partial charge >= 0.3 is 0 Å². The lowest BCUT2D eigenvalue weighted by Crippen LogP contribution is -2.12. The Hall–Kier alpha value is -1.81. The Kier molecular flexibility index (Phi) is 23.5. The van der Waals surface area contributed by atoms with Crippen molar-refractivity contribution in [2.75, 3.05) is 59.5 Å². The zero-order chi connectivity index (χ0) is 29.9. The van der Waals surface area contributed by atoms with E-state index < -0.39 is 10.1 Å². The van der Waals surface area contributed by atoms with Crippen molar-refractivity contribution in [1.29, 1.82) is 0 Å². The summed E-state index contributed by atoms with van der Waals surface area (Å²) in [6.07, 6.45) is 10.1. The first-order valence-electron chi connectivity index (χ1n) is 15.3.